The Morgan fingerprint density at radius 3 is 2.72 bits per heavy atom. The van der Waals surface area contributed by atoms with Crippen LogP contribution in [0.4, 0.5) is 5.82 Å². The highest BCUT2D eigenvalue weighted by molar-refractivity contribution is 5.94. The molecule has 1 aliphatic heterocycles. The molecule has 0 aliphatic carbocycles. The third-order valence-corrected chi connectivity index (χ3v) is 4.64. The van der Waals surface area contributed by atoms with Crippen molar-refractivity contribution in [3.05, 3.63) is 59.3 Å². The molecule has 1 fully saturated rings. The zero-order chi connectivity index (χ0) is 17.8. The lowest BCUT2D eigenvalue weighted by Crippen LogP contribution is -2.30. The van der Waals surface area contributed by atoms with Gasteiger partial charge in [0.15, 0.2) is 0 Å². The fraction of sp³-hybridized carbons (Fsp3) is 0.400. The third-order valence-electron chi connectivity index (χ3n) is 4.64. The van der Waals surface area contributed by atoms with Crippen LogP contribution in [-0.2, 0) is 6.54 Å². The van der Waals surface area contributed by atoms with E-state index in [4.69, 9.17) is 0 Å². The van der Waals surface area contributed by atoms with E-state index in [9.17, 15) is 4.79 Å². The second kappa shape index (κ2) is 7.66. The first-order valence-electron chi connectivity index (χ1n) is 8.77. The van der Waals surface area contributed by atoms with Gasteiger partial charge < -0.3 is 15.1 Å². The number of hydrogen-bond acceptors (Lipinski definition) is 4. The van der Waals surface area contributed by atoms with Crippen molar-refractivity contribution in [1.82, 2.24) is 14.8 Å². The summed E-state index contributed by atoms with van der Waals surface area (Å²) in [6, 6.07) is 12.2. The number of carbonyl (C=O) groups excluding carboxylic acids is 1. The molecule has 132 valence electrons. The zero-order valence-electron chi connectivity index (χ0n) is 15.2. The summed E-state index contributed by atoms with van der Waals surface area (Å²) in [5, 5.41) is 3.07. The molecule has 2 aromatic rings. The van der Waals surface area contributed by atoms with Gasteiger partial charge in [-0.3, -0.25) is 4.79 Å². The average molecular weight is 338 g/mol. The number of aromatic nitrogens is 1. The Hall–Kier alpha value is -2.40. The summed E-state index contributed by atoms with van der Waals surface area (Å²) in [7, 11) is 5.95. The molecule has 0 saturated carbocycles. The largest absolute Gasteiger partial charge is 0.373 e. The topological polar surface area (TPSA) is 48.5 Å². The van der Waals surface area contributed by atoms with Crippen molar-refractivity contribution in [1.29, 1.82) is 0 Å². The molecule has 1 N–H and O–H groups in total. The van der Waals surface area contributed by atoms with Crippen LogP contribution in [-0.4, -0.2) is 48.4 Å². The van der Waals surface area contributed by atoms with Crippen molar-refractivity contribution < 1.29 is 4.79 Å². The molecule has 5 heteroatoms. The summed E-state index contributed by atoms with van der Waals surface area (Å²) < 4.78 is 0. The number of amides is 1. The van der Waals surface area contributed by atoms with Crippen molar-refractivity contribution in [3.63, 3.8) is 0 Å². The van der Waals surface area contributed by atoms with Crippen LogP contribution in [0.3, 0.4) is 0 Å². The fourth-order valence-corrected chi connectivity index (χ4v) is 3.43. The maximum Gasteiger partial charge on any atom is 0.254 e. The molecule has 1 atom stereocenters. The van der Waals surface area contributed by atoms with E-state index < -0.39 is 0 Å². The number of nitrogens with zero attached hydrogens (tertiary/aromatic N) is 3. The highest BCUT2D eigenvalue weighted by Gasteiger charge is 2.30. The maximum atomic E-state index is 13.0. The average Bonchev–Trinajstić information content (AvgIpc) is 3.11. The van der Waals surface area contributed by atoms with Crippen LogP contribution in [0.2, 0.25) is 0 Å². The number of hydrogen-bond donors (Lipinski definition) is 1. The summed E-state index contributed by atoms with van der Waals surface area (Å²) >= 11 is 0. The van der Waals surface area contributed by atoms with E-state index in [0.717, 1.165) is 42.9 Å². The molecule has 1 aromatic heterocycles. The van der Waals surface area contributed by atoms with Crippen molar-refractivity contribution in [3.8, 4) is 0 Å². The van der Waals surface area contributed by atoms with E-state index in [1.165, 1.54) is 5.56 Å². The van der Waals surface area contributed by atoms with Crippen LogP contribution in [0.25, 0.3) is 0 Å². The van der Waals surface area contributed by atoms with Crippen molar-refractivity contribution >= 4 is 11.7 Å². The number of anilines is 1. The van der Waals surface area contributed by atoms with Crippen molar-refractivity contribution in [2.24, 2.45) is 0 Å². The summed E-state index contributed by atoms with van der Waals surface area (Å²) in [5.41, 5.74) is 3.12. The summed E-state index contributed by atoms with van der Waals surface area (Å²) in [6.45, 7) is 1.69. The van der Waals surface area contributed by atoms with Crippen molar-refractivity contribution in [2.45, 2.75) is 25.4 Å². The van der Waals surface area contributed by atoms with Gasteiger partial charge in [-0.05, 0) is 62.3 Å². The van der Waals surface area contributed by atoms with Gasteiger partial charge in [0.2, 0.25) is 0 Å². The molecule has 25 heavy (non-hydrogen) atoms. The highest BCUT2D eigenvalue weighted by Crippen LogP contribution is 2.33. The molecular weight excluding hydrogens is 312 g/mol. The molecule has 5 nitrogen and oxygen atoms in total. The number of nitrogens with one attached hydrogen (secondary N) is 1. The predicted molar refractivity (Wildman–Crippen MR) is 101 cm³/mol. The fourth-order valence-electron chi connectivity index (χ4n) is 3.43. The minimum absolute atomic E-state index is 0.113. The molecular formula is C20H26N4O. The zero-order valence-corrected chi connectivity index (χ0v) is 15.2. The standard InChI is InChI=1S/C20H26N4O/c1-21-19-13-17(10-11-22-19)18-5-4-12-24(18)20(25)16-8-6-15(7-9-16)14-23(2)3/h6-11,13,18H,4-5,12,14H2,1-3H3,(H,21,22)/t18-/m0/s1. The van der Waals surface area contributed by atoms with E-state index in [2.05, 4.69) is 15.2 Å². The van der Waals surface area contributed by atoms with Crippen LogP contribution in [0.15, 0.2) is 42.6 Å². The first-order valence-corrected chi connectivity index (χ1v) is 8.77. The molecule has 1 amide bonds. The molecule has 0 bridgehead atoms. The summed E-state index contributed by atoms with van der Waals surface area (Å²) in [6.07, 6.45) is 3.84. The van der Waals surface area contributed by atoms with E-state index in [-0.39, 0.29) is 11.9 Å². The minimum Gasteiger partial charge on any atom is -0.373 e. The third kappa shape index (κ3) is 3.99. The Balaban J connectivity index is 1.78. The maximum absolute atomic E-state index is 13.0. The van der Waals surface area contributed by atoms with Gasteiger partial charge in [0.1, 0.15) is 5.82 Å². The van der Waals surface area contributed by atoms with Gasteiger partial charge in [0.25, 0.3) is 5.91 Å². The van der Waals surface area contributed by atoms with Gasteiger partial charge >= 0.3 is 0 Å². The Morgan fingerprint density at radius 1 is 1.28 bits per heavy atom. The SMILES string of the molecule is CNc1cc([C@@H]2CCCN2C(=O)c2ccc(CN(C)C)cc2)ccn1. The van der Waals surface area contributed by atoms with Crippen molar-refractivity contribution in [2.75, 3.05) is 33.0 Å². The second-order valence-electron chi connectivity index (χ2n) is 6.82. The molecule has 1 saturated heterocycles. The normalized spacial score (nSPS) is 17.1. The molecule has 0 spiro atoms. The van der Waals surface area contributed by atoms with Gasteiger partial charge in [-0.25, -0.2) is 4.98 Å². The lowest BCUT2D eigenvalue weighted by atomic mass is 10.0. The van der Waals surface area contributed by atoms with E-state index in [1.54, 1.807) is 6.20 Å². The number of rotatable bonds is 5. The quantitative estimate of drug-likeness (QED) is 0.910. The smallest absolute Gasteiger partial charge is 0.254 e. The van der Waals surface area contributed by atoms with E-state index in [1.807, 2.05) is 62.4 Å². The molecule has 2 heterocycles. The number of likely N-dealkylation sites (tertiary alicyclic amines) is 1. The first-order chi connectivity index (χ1) is 12.1. The van der Waals surface area contributed by atoms with Gasteiger partial charge in [0, 0.05) is 31.9 Å². The van der Waals surface area contributed by atoms with Gasteiger partial charge in [-0.15, -0.1) is 0 Å². The monoisotopic (exact) mass is 338 g/mol. The number of carbonyl (C=O) groups is 1. The number of benzene rings is 1. The highest BCUT2D eigenvalue weighted by atomic mass is 16.2. The van der Waals surface area contributed by atoms with Crippen LogP contribution < -0.4 is 5.32 Å². The molecule has 1 aliphatic rings. The van der Waals surface area contributed by atoms with Gasteiger partial charge in [0.05, 0.1) is 6.04 Å². The lowest BCUT2D eigenvalue weighted by Gasteiger charge is -2.25. The van der Waals surface area contributed by atoms with Crippen LogP contribution in [0.1, 0.15) is 40.4 Å². The number of pyridine rings is 1. The van der Waals surface area contributed by atoms with E-state index in [0.29, 0.717) is 0 Å². The van der Waals surface area contributed by atoms with Crippen LogP contribution >= 0.6 is 0 Å². The van der Waals surface area contributed by atoms with E-state index >= 15 is 0 Å². The molecule has 0 radical (unpaired) electrons. The second-order valence-corrected chi connectivity index (χ2v) is 6.82. The molecule has 3 rings (SSSR count). The minimum atomic E-state index is 0.113. The first kappa shape index (κ1) is 17.4. The Morgan fingerprint density at radius 2 is 2.04 bits per heavy atom. The predicted octanol–water partition coefficient (Wildman–Crippen LogP) is 3.16. The Labute approximate surface area is 149 Å². The summed E-state index contributed by atoms with van der Waals surface area (Å²) in [5.74, 6) is 0.951. The lowest BCUT2D eigenvalue weighted by molar-refractivity contribution is 0.0735. The molecule has 1 aromatic carbocycles. The van der Waals surface area contributed by atoms with Gasteiger partial charge in [-0.1, -0.05) is 12.1 Å². The summed E-state index contributed by atoms with van der Waals surface area (Å²) in [4.78, 5) is 21.4. The van der Waals surface area contributed by atoms with Crippen LogP contribution in [0.5, 0.6) is 0 Å². The molecule has 0 unspecified atom stereocenters. The van der Waals surface area contributed by atoms with Gasteiger partial charge in [-0.2, -0.15) is 0 Å². The van der Waals surface area contributed by atoms with Crippen LogP contribution in [0, 0.1) is 0 Å². The Kier molecular flexibility index (Phi) is 5.34. The Bertz CT molecular complexity index is 727.